The number of amides is 1. The molecule has 1 aromatic carbocycles. The van der Waals surface area contributed by atoms with E-state index in [2.05, 4.69) is 10.1 Å². The Morgan fingerprint density at radius 1 is 1.26 bits per heavy atom. The zero-order valence-electron chi connectivity index (χ0n) is 14.9. The highest BCUT2D eigenvalue weighted by molar-refractivity contribution is 5.76. The molecule has 0 radical (unpaired) electrons. The maximum Gasteiger partial charge on any atom is 0.244 e. The summed E-state index contributed by atoms with van der Waals surface area (Å²) in [5.41, 5.74) is 0.953. The van der Waals surface area contributed by atoms with Gasteiger partial charge in [-0.3, -0.25) is 9.48 Å². The summed E-state index contributed by atoms with van der Waals surface area (Å²) >= 11 is 0. The first-order valence-electron chi connectivity index (χ1n) is 9.15. The summed E-state index contributed by atoms with van der Waals surface area (Å²) in [6.07, 6.45) is 8.53. The zero-order valence-corrected chi connectivity index (χ0v) is 14.9. The Hall–Kier alpha value is -2.96. The largest absolute Gasteiger partial charge is 0.443 e. The predicted octanol–water partition coefficient (Wildman–Crippen LogP) is 3.35. The average Bonchev–Trinajstić information content (AvgIpc) is 3.36. The quantitative estimate of drug-likeness (QED) is 0.693. The van der Waals surface area contributed by atoms with Crippen molar-refractivity contribution in [2.75, 3.05) is 6.54 Å². The van der Waals surface area contributed by atoms with Gasteiger partial charge >= 0.3 is 0 Å². The summed E-state index contributed by atoms with van der Waals surface area (Å²) < 4.78 is 20.6. The van der Waals surface area contributed by atoms with Gasteiger partial charge in [0.2, 0.25) is 11.8 Å². The Morgan fingerprint density at radius 2 is 2.11 bits per heavy atom. The van der Waals surface area contributed by atoms with Crippen LogP contribution in [0.4, 0.5) is 4.39 Å². The van der Waals surface area contributed by atoms with E-state index in [1.165, 1.54) is 12.1 Å². The number of oxazole rings is 1. The molecule has 0 aliphatic carbocycles. The number of hydrogen-bond donors (Lipinski definition) is 0. The van der Waals surface area contributed by atoms with Gasteiger partial charge in [-0.1, -0.05) is 12.1 Å². The van der Waals surface area contributed by atoms with Crippen molar-refractivity contribution < 1.29 is 13.6 Å². The zero-order chi connectivity index (χ0) is 18.6. The lowest BCUT2D eigenvalue weighted by molar-refractivity contribution is -0.136. The van der Waals surface area contributed by atoms with Crippen LogP contribution in [0.3, 0.4) is 0 Å². The molecule has 1 amide bonds. The lowest BCUT2D eigenvalue weighted by Crippen LogP contribution is -2.40. The van der Waals surface area contributed by atoms with Gasteiger partial charge in [0.05, 0.1) is 6.20 Å². The van der Waals surface area contributed by atoms with E-state index >= 15 is 0 Å². The van der Waals surface area contributed by atoms with E-state index < -0.39 is 0 Å². The molecule has 0 spiro atoms. The Balaban J connectivity index is 1.47. The Kier molecular flexibility index (Phi) is 5.00. The lowest BCUT2D eigenvalue weighted by atomic mass is 10.0. The second-order valence-electron chi connectivity index (χ2n) is 6.77. The van der Waals surface area contributed by atoms with E-state index in [4.69, 9.17) is 4.42 Å². The van der Waals surface area contributed by atoms with Gasteiger partial charge in [-0.15, -0.1) is 0 Å². The average molecular weight is 368 g/mol. The van der Waals surface area contributed by atoms with Crippen LogP contribution in [0.1, 0.15) is 42.5 Å². The molecule has 1 aliphatic rings. The van der Waals surface area contributed by atoms with E-state index in [9.17, 15) is 9.18 Å². The van der Waals surface area contributed by atoms with E-state index in [0.717, 1.165) is 24.8 Å². The van der Waals surface area contributed by atoms with Gasteiger partial charge in [0, 0.05) is 25.4 Å². The number of nitrogens with zero attached hydrogens (tertiary/aromatic N) is 4. The van der Waals surface area contributed by atoms with Crippen LogP contribution in [0.2, 0.25) is 0 Å². The second kappa shape index (κ2) is 7.73. The Morgan fingerprint density at radius 3 is 2.89 bits per heavy atom. The van der Waals surface area contributed by atoms with Crippen LogP contribution < -0.4 is 0 Å². The summed E-state index contributed by atoms with van der Waals surface area (Å²) in [5, 5.41) is 4.11. The lowest BCUT2D eigenvalue weighted by Gasteiger charge is -2.33. The maximum absolute atomic E-state index is 13.0. The summed E-state index contributed by atoms with van der Waals surface area (Å²) in [7, 11) is 0. The van der Waals surface area contributed by atoms with Crippen molar-refractivity contribution >= 4 is 5.91 Å². The first kappa shape index (κ1) is 17.5. The van der Waals surface area contributed by atoms with E-state index in [0.29, 0.717) is 24.6 Å². The maximum atomic E-state index is 13.0. The number of piperidine rings is 1. The highest BCUT2D eigenvalue weighted by atomic mass is 19.1. The van der Waals surface area contributed by atoms with Crippen LogP contribution in [0.25, 0.3) is 0 Å². The SMILES string of the molecule is O=C(Cn1cccn1)N1CCCC[C@H]1c1ncc(Cc2ccc(F)cc2)o1. The van der Waals surface area contributed by atoms with E-state index in [1.54, 1.807) is 41.5 Å². The Bertz CT molecular complexity index is 889. The topological polar surface area (TPSA) is 64.2 Å². The van der Waals surface area contributed by atoms with Crippen molar-refractivity contribution in [3.63, 3.8) is 0 Å². The highest BCUT2D eigenvalue weighted by Gasteiger charge is 2.31. The van der Waals surface area contributed by atoms with E-state index in [1.807, 2.05) is 4.90 Å². The summed E-state index contributed by atoms with van der Waals surface area (Å²) in [4.78, 5) is 19.0. The third kappa shape index (κ3) is 4.07. The van der Waals surface area contributed by atoms with Gasteiger partial charge in [0.15, 0.2) is 0 Å². The first-order valence-corrected chi connectivity index (χ1v) is 9.15. The highest BCUT2D eigenvalue weighted by Crippen LogP contribution is 2.31. The molecule has 0 bridgehead atoms. The van der Waals surface area contributed by atoms with Gasteiger partial charge in [0.1, 0.15) is 24.2 Å². The molecule has 1 saturated heterocycles. The molecule has 3 heterocycles. The van der Waals surface area contributed by atoms with Gasteiger partial charge in [-0.2, -0.15) is 5.10 Å². The fourth-order valence-electron chi connectivity index (χ4n) is 3.47. The molecule has 1 fully saturated rings. The number of aromatic nitrogens is 3. The molecule has 4 rings (SSSR count). The van der Waals surface area contributed by atoms with Crippen LogP contribution in [0.5, 0.6) is 0 Å². The van der Waals surface area contributed by atoms with Crippen molar-refractivity contribution in [3.05, 3.63) is 72.0 Å². The van der Waals surface area contributed by atoms with Gasteiger partial charge in [0.25, 0.3) is 0 Å². The number of carbonyl (C=O) groups is 1. The minimum atomic E-state index is -0.259. The standard InChI is InChI=1S/C20H21FN4O2/c21-16-7-5-15(6-8-16)12-17-13-22-20(27-17)18-4-1-2-11-25(18)19(26)14-24-10-3-9-23-24/h3,5-10,13,18H,1-2,4,11-12,14H2/t18-/m0/s1. The molecule has 1 atom stereocenters. The van der Waals surface area contributed by atoms with Gasteiger partial charge < -0.3 is 9.32 Å². The monoisotopic (exact) mass is 368 g/mol. The minimum Gasteiger partial charge on any atom is -0.443 e. The minimum absolute atomic E-state index is 0.0154. The molecule has 2 aromatic heterocycles. The molecule has 0 saturated carbocycles. The first-order chi connectivity index (χ1) is 13.2. The number of likely N-dealkylation sites (tertiary alicyclic amines) is 1. The number of rotatable bonds is 5. The third-order valence-corrected chi connectivity index (χ3v) is 4.83. The molecule has 1 aliphatic heterocycles. The van der Waals surface area contributed by atoms with Gasteiger partial charge in [-0.25, -0.2) is 9.37 Å². The summed E-state index contributed by atoms with van der Waals surface area (Å²) in [6.45, 7) is 0.910. The normalized spacial score (nSPS) is 17.2. The van der Waals surface area contributed by atoms with Crippen molar-refractivity contribution in [2.24, 2.45) is 0 Å². The molecule has 6 nitrogen and oxygen atoms in total. The summed E-state index contributed by atoms with van der Waals surface area (Å²) in [6, 6.07) is 7.99. The molecule has 27 heavy (non-hydrogen) atoms. The van der Waals surface area contributed by atoms with Crippen LogP contribution >= 0.6 is 0 Å². The molecular formula is C20H21FN4O2. The number of hydrogen-bond acceptors (Lipinski definition) is 4. The van der Waals surface area contributed by atoms with Crippen LogP contribution in [0.15, 0.2) is 53.3 Å². The molecule has 3 aromatic rings. The van der Waals surface area contributed by atoms with Gasteiger partial charge in [-0.05, 0) is 43.0 Å². The molecule has 0 N–H and O–H groups in total. The van der Waals surface area contributed by atoms with Crippen LogP contribution in [0, 0.1) is 5.82 Å². The van der Waals surface area contributed by atoms with Crippen molar-refractivity contribution in [2.45, 2.75) is 38.3 Å². The smallest absolute Gasteiger partial charge is 0.244 e. The van der Waals surface area contributed by atoms with Crippen LogP contribution in [-0.2, 0) is 17.8 Å². The van der Waals surface area contributed by atoms with Crippen molar-refractivity contribution in [1.82, 2.24) is 19.7 Å². The predicted molar refractivity (Wildman–Crippen MR) is 96.2 cm³/mol. The molecule has 7 heteroatoms. The second-order valence-corrected chi connectivity index (χ2v) is 6.77. The molecular weight excluding hydrogens is 347 g/mol. The molecule has 140 valence electrons. The Labute approximate surface area is 156 Å². The van der Waals surface area contributed by atoms with Crippen molar-refractivity contribution in [3.8, 4) is 0 Å². The number of benzene rings is 1. The fourth-order valence-corrected chi connectivity index (χ4v) is 3.47. The number of carbonyl (C=O) groups excluding carboxylic acids is 1. The summed E-state index contributed by atoms with van der Waals surface area (Å²) in [5.74, 6) is 1.04. The third-order valence-electron chi connectivity index (χ3n) is 4.83. The molecule has 0 unspecified atom stereocenters. The van der Waals surface area contributed by atoms with Crippen molar-refractivity contribution in [1.29, 1.82) is 0 Å². The number of halogens is 1. The van der Waals surface area contributed by atoms with Crippen LogP contribution in [-0.4, -0.2) is 32.1 Å². The fraction of sp³-hybridized carbons (Fsp3) is 0.350. The van der Waals surface area contributed by atoms with E-state index in [-0.39, 0.29) is 24.3 Å².